The van der Waals surface area contributed by atoms with Gasteiger partial charge in [-0.1, -0.05) is 281 Å². The third-order valence-electron chi connectivity index (χ3n) is 14.2. The molecule has 10 heteroatoms. The fourth-order valence-electron chi connectivity index (χ4n) is 9.25. The molecular formula is C64H122NO8P. The Bertz CT molecular complexity index is 1340. The zero-order valence-corrected chi connectivity index (χ0v) is 50.5. The average Bonchev–Trinajstić information content (AvgIpc) is 3.36. The van der Waals surface area contributed by atoms with E-state index in [4.69, 9.17) is 18.5 Å². The third-order valence-corrected chi connectivity index (χ3v) is 15.1. The van der Waals surface area contributed by atoms with Gasteiger partial charge in [-0.05, 0) is 51.4 Å². The molecule has 0 aromatic heterocycles. The van der Waals surface area contributed by atoms with Crippen molar-refractivity contribution in [3.8, 4) is 0 Å². The number of hydrogen-bond donors (Lipinski definition) is 0. The Hall–Kier alpha value is -1.77. The van der Waals surface area contributed by atoms with E-state index < -0.39 is 26.5 Å². The van der Waals surface area contributed by atoms with Gasteiger partial charge in [0.1, 0.15) is 19.8 Å². The van der Waals surface area contributed by atoms with Crippen molar-refractivity contribution in [3.63, 3.8) is 0 Å². The Morgan fingerprint density at radius 1 is 0.419 bits per heavy atom. The van der Waals surface area contributed by atoms with Gasteiger partial charge >= 0.3 is 11.9 Å². The molecular weight excluding hydrogens is 942 g/mol. The summed E-state index contributed by atoms with van der Waals surface area (Å²) < 4.78 is 34.2. The second kappa shape index (κ2) is 56.0. The molecule has 0 aliphatic rings. The fourth-order valence-corrected chi connectivity index (χ4v) is 9.98. The van der Waals surface area contributed by atoms with Crippen molar-refractivity contribution in [1.29, 1.82) is 0 Å². The van der Waals surface area contributed by atoms with Crippen LogP contribution in [-0.2, 0) is 32.7 Å². The molecule has 0 bridgehead atoms. The van der Waals surface area contributed by atoms with Gasteiger partial charge in [-0.3, -0.25) is 14.2 Å². The van der Waals surface area contributed by atoms with Gasteiger partial charge in [-0.25, -0.2) is 0 Å². The molecule has 0 aliphatic carbocycles. The highest BCUT2D eigenvalue weighted by Crippen LogP contribution is 2.38. The standard InChI is InChI=1S/C64H122NO8P/c1-6-8-10-12-14-16-18-20-22-24-25-26-27-28-29-30-31-32-33-34-35-36-37-38-39-41-43-45-47-49-51-53-55-57-64(67)73-62(61-72-74(68,69)71-59-58-65(3,4)5)60-70-63(66)56-54-52-50-48-46-44-42-40-23-21-19-17-15-13-11-9-7-2/h18,20,24-25,27-28,62H,6-17,19,21-23,26,29-61H2,1-5H3/b20-18-,25-24-,28-27-. The van der Waals surface area contributed by atoms with E-state index in [1.165, 1.54) is 231 Å². The van der Waals surface area contributed by atoms with Crippen molar-refractivity contribution in [1.82, 2.24) is 0 Å². The first-order valence-electron chi connectivity index (χ1n) is 31.7. The highest BCUT2D eigenvalue weighted by Gasteiger charge is 2.22. The maximum absolute atomic E-state index is 12.8. The number of phosphoric acid groups is 1. The lowest BCUT2D eigenvalue weighted by Gasteiger charge is -2.28. The van der Waals surface area contributed by atoms with Gasteiger partial charge in [0, 0.05) is 12.8 Å². The van der Waals surface area contributed by atoms with Crippen LogP contribution in [0, 0.1) is 0 Å². The number of carbonyl (C=O) groups is 2. The summed E-state index contributed by atoms with van der Waals surface area (Å²) in [5.41, 5.74) is 0. The highest BCUT2D eigenvalue weighted by molar-refractivity contribution is 7.45. The number of carbonyl (C=O) groups excluding carboxylic acids is 2. The van der Waals surface area contributed by atoms with Crippen LogP contribution in [0.25, 0.3) is 0 Å². The van der Waals surface area contributed by atoms with E-state index in [2.05, 4.69) is 50.3 Å². The number of quaternary nitrogens is 1. The van der Waals surface area contributed by atoms with Crippen molar-refractivity contribution in [3.05, 3.63) is 36.5 Å². The zero-order chi connectivity index (χ0) is 54.2. The third kappa shape index (κ3) is 59.5. The maximum atomic E-state index is 12.8. The molecule has 0 saturated carbocycles. The van der Waals surface area contributed by atoms with Crippen LogP contribution in [0.3, 0.4) is 0 Å². The smallest absolute Gasteiger partial charge is 0.306 e. The summed E-state index contributed by atoms with van der Waals surface area (Å²) in [6.45, 7) is 4.28. The van der Waals surface area contributed by atoms with Crippen LogP contribution in [0.2, 0.25) is 0 Å². The molecule has 0 aromatic carbocycles. The highest BCUT2D eigenvalue weighted by atomic mass is 31.2. The predicted octanol–water partition coefficient (Wildman–Crippen LogP) is 19.3. The van der Waals surface area contributed by atoms with Gasteiger partial charge in [0.15, 0.2) is 6.10 Å². The quantitative estimate of drug-likeness (QED) is 0.0195. The van der Waals surface area contributed by atoms with E-state index in [1.807, 2.05) is 21.1 Å². The molecule has 436 valence electrons. The molecule has 0 spiro atoms. The minimum atomic E-state index is -4.63. The number of ether oxygens (including phenoxy) is 2. The first-order chi connectivity index (χ1) is 36.0. The molecule has 0 saturated heterocycles. The second-order valence-corrected chi connectivity index (χ2v) is 24.2. The van der Waals surface area contributed by atoms with Crippen molar-refractivity contribution in [2.75, 3.05) is 47.5 Å². The van der Waals surface area contributed by atoms with Gasteiger partial charge in [-0.2, -0.15) is 0 Å². The molecule has 0 aliphatic heterocycles. The molecule has 0 fully saturated rings. The largest absolute Gasteiger partial charge is 0.756 e. The number of unbranched alkanes of at least 4 members (excludes halogenated alkanes) is 39. The van der Waals surface area contributed by atoms with Crippen molar-refractivity contribution in [2.24, 2.45) is 0 Å². The topological polar surface area (TPSA) is 111 Å². The molecule has 0 radical (unpaired) electrons. The first kappa shape index (κ1) is 72.2. The van der Waals surface area contributed by atoms with Crippen molar-refractivity contribution >= 4 is 19.8 Å². The van der Waals surface area contributed by atoms with Gasteiger partial charge in [0.05, 0.1) is 27.7 Å². The van der Waals surface area contributed by atoms with E-state index >= 15 is 0 Å². The summed E-state index contributed by atoms with van der Waals surface area (Å²) in [5.74, 6) is -0.815. The number of phosphoric ester groups is 1. The zero-order valence-electron chi connectivity index (χ0n) is 49.6. The Balaban J connectivity index is 4.01. The van der Waals surface area contributed by atoms with E-state index in [1.54, 1.807) is 0 Å². The molecule has 0 amide bonds. The molecule has 74 heavy (non-hydrogen) atoms. The van der Waals surface area contributed by atoms with Gasteiger partial charge in [0.25, 0.3) is 7.82 Å². The summed E-state index contributed by atoms with van der Waals surface area (Å²) in [7, 11) is 1.18. The summed E-state index contributed by atoms with van der Waals surface area (Å²) in [6, 6.07) is 0. The van der Waals surface area contributed by atoms with Crippen LogP contribution in [0.4, 0.5) is 0 Å². The SMILES string of the molecule is CCCCCCC/C=C\C/C=C\C/C=C\CCCCCCCCCCCCCCCCCCCCC(=O)OC(COC(=O)CCCCCCCCCCCCCCCCCCC)COP(=O)([O-])OCC[N+](C)(C)C. The fraction of sp³-hybridized carbons (Fsp3) is 0.875. The van der Waals surface area contributed by atoms with Crippen molar-refractivity contribution < 1.29 is 42.1 Å². The number of hydrogen-bond acceptors (Lipinski definition) is 8. The van der Waals surface area contributed by atoms with Gasteiger partial charge in [0.2, 0.25) is 0 Å². The van der Waals surface area contributed by atoms with E-state index in [0.717, 1.165) is 44.9 Å². The summed E-state index contributed by atoms with van der Waals surface area (Å²) >= 11 is 0. The lowest BCUT2D eigenvalue weighted by atomic mass is 10.0. The van der Waals surface area contributed by atoms with E-state index in [0.29, 0.717) is 17.4 Å². The molecule has 0 aromatic rings. The monoisotopic (exact) mass is 1060 g/mol. The van der Waals surface area contributed by atoms with E-state index in [-0.39, 0.29) is 32.0 Å². The minimum Gasteiger partial charge on any atom is -0.756 e. The molecule has 0 N–H and O–H groups in total. The van der Waals surface area contributed by atoms with Crippen LogP contribution >= 0.6 is 7.82 Å². The molecule has 0 heterocycles. The second-order valence-electron chi connectivity index (χ2n) is 22.8. The summed E-state index contributed by atoms with van der Waals surface area (Å²) in [6.07, 6.45) is 69.2. The van der Waals surface area contributed by atoms with E-state index in [9.17, 15) is 19.0 Å². The lowest BCUT2D eigenvalue weighted by Crippen LogP contribution is -2.37. The Labute approximate surface area is 459 Å². The molecule has 0 rings (SSSR count). The van der Waals surface area contributed by atoms with Gasteiger partial charge in [-0.15, -0.1) is 0 Å². The Morgan fingerprint density at radius 2 is 0.730 bits per heavy atom. The number of rotatable bonds is 59. The van der Waals surface area contributed by atoms with Crippen LogP contribution in [0.5, 0.6) is 0 Å². The van der Waals surface area contributed by atoms with Crippen LogP contribution in [-0.4, -0.2) is 70.0 Å². The summed E-state index contributed by atoms with van der Waals surface area (Å²) in [4.78, 5) is 37.9. The number of nitrogens with zero attached hydrogens (tertiary/aromatic N) is 1. The number of likely N-dealkylation sites (N-methyl/N-ethyl adjacent to an activating group) is 1. The lowest BCUT2D eigenvalue weighted by molar-refractivity contribution is -0.870. The van der Waals surface area contributed by atoms with Gasteiger partial charge < -0.3 is 27.9 Å². The maximum Gasteiger partial charge on any atom is 0.306 e. The Kier molecular flexibility index (Phi) is 54.6. The summed E-state index contributed by atoms with van der Waals surface area (Å²) in [5, 5.41) is 0. The first-order valence-corrected chi connectivity index (χ1v) is 33.2. The molecule has 2 atom stereocenters. The van der Waals surface area contributed by atoms with Crippen LogP contribution in [0.1, 0.15) is 309 Å². The predicted molar refractivity (Wildman–Crippen MR) is 314 cm³/mol. The number of allylic oxidation sites excluding steroid dienone is 6. The van der Waals surface area contributed by atoms with Crippen LogP contribution in [0.15, 0.2) is 36.5 Å². The number of esters is 2. The normalized spacial score (nSPS) is 13.4. The van der Waals surface area contributed by atoms with Crippen molar-refractivity contribution in [2.45, 2.75) is 315 Å². The minimum absolute atomic E-state index is 0.0279. The molecule has 9 nitrogen and oxygen atoms in total. The van der Waals surface area contributed by atoms with Crippen LogP contribution < -0.4 is 4.89 Å². The average molecular weight is 1060 g/mol. The molecule has 2 unspecified atom stereocenters. The Morgan fingerprint density at radius 3 is 1.08 bits per heavy atom.